The number of fused-ring (bicyclic) bond motifs is 1. The molecule has 576 valence electrons. The molecule has 7 saturated carbocycles. The van der Waals surface area contributed by atoms with Crippen molar-refractivity contribution in [2.24, 2.45) is 82.9 Å². The average Bonchev–Trinajstić information content (AvgIpc) is 0.840. The summed E-state index contributed by atoms with van der Waals surface area (Å²) >= 11 is 0. The Labute approximate surface area is 597 Å². The van der Waals surface area contributed by atoms with Gasteiger partial charge in [-0.1, -0.05) is 119 Å². The fourth-order valence-corrected chi connectivity index (χ4v) is 16.4. The van der Waals surface area contributed by atoms with Gasteiger partial charge in [-0.3, -0.25) is 43.2 Å². The summed E-state index contributed by atoms with van der Waals surface area (Å²) in [5.74, 6) is 3.39. The molecular formula is C79H140O20. The van der Waals surface area contributed by atoms with Gasteiger partial charge in [0.15, 0.2) is 0 Å². The number of aliphatic hydroxyl groups excluding tert-OH is 4. The first kappa shape index (κ1) is 90.6. The topological polar surface area (TPSA) is 299 Å². The minimum Gasteiger partial charge on any atom is -0.469 e. The highest BCUT2D eigenvalue weighted by atomic mass is 16.6. The lowest BCUT2D eigenvalue weighted by atomic mass is 9.76. The predicted molar refractivity (Wildman–Crippen MR) is 382 cm³/mol. The van der Waals surface area contributed by atoms with E-state index in [0.717, 1.165) is 122 Å². The van der Waals surface area contributed by atoms with Gasteiger partial charge in [0.1, 0.15) is 17.7 Å². The van der Waals surface area contributed by atoms with Crippen molar-refractivity contribution in [3.05, 3.63) is 0 Å². The van der Waals surface area contributed by atoms with Crippen LogP contribution in [0.5, 0.6) is 0 Å². The Bertz CT molecular complexity index is 2230. The summed E-state index contributed by atoms with van der Waals surface area (Å²) in [6.07, 6.45) is 31.8. The van der Waals surface area contributed by atoms with Crippen molar-refractivity contribution < 1.29 is 98.2 Å². The smallest absolute Gasteiger partial charge is 0.306 e. The molecule has 0 aromatic rings. The van der Waals surface area contributed by atoms with Crippen molar-refractivity contribution in [2.75, 3.05) is 41.2 Å². The van der Waals surface area contributed by atoms with Crippen molar-refractivity contribution in [3.63, 3.8) is 0 Å². The van der Waals surface area contributed by atoms with Crippen LogP contribution in [0.15, 0.2) is 0 Å². The molecule has 4 N–H and O–H groups in total. The highest BCUT2D eigenvalue weighted by Crippen LogP contribution is 2.39. The summed E-state index contributed by atoms with van der Waals surface area (Å²) in [4.78, 5) is 101. The van der Waals surface area contributed by atoms with Crippen LogP contribution in [0.25, 0.3) is 0 Å². The second-order valence-corrected chi connectivity index (χ2v) is 30.1. The van der Waals surface area contributed by atoms with Crippen LogP contribution in [-0.4, -0.2) is 145 Å². The predicted octanol–water partition coefficient (Wildman–Crippen LogP) is 14.4. The maximum absolute atomic E-state index is 11.6. The molecule has 19 atom stereocenters. The minimum atomic E-state index is -0.219. The van der Waals surface area contributed by atoms with Crippen LogP contribution in [-0.2, 0) is 76.3 Å². The van der Waals surface area contributed by atoms with E-state index in [1.807, 2.05) is 55.4 Å². The minimum absolute atomic E-state index is 0. The molecule has 8 fully saturated rings. The quantitative estimate of drug-likeness (QED) is 0.0613. The monoisotopic (exact) mass is 1410 g/mol. The van der Waals surface area contributed by atoms with E-state index in [9.17, 15) is 63.6 Å². The maximum atomic E-state index is 11.6. The van der Waals surface area contributed by atoms with Crippen LogP contribution in [0.2, 0.25) is 0 Å². The van der Waals surface area contributed by atoms with Crippen molar-refractivity contribution in [3.8, 4) is 0 Å². The number of carbonyl (C=O) groups excluding carboxylic acids is 9. The van der Waals surface area contributed by atoms with Crippen LogP contribution in [0, 0.1) is 82.9 Å². The van der Waals surface area contributed by atoms with E-state index in [0.29, 0.717) is 101 Å². The van der Waals surface area contributed by atoms with Gasteiger partial charge < -0.3 is 53.6 Å². The number of esters is 7. The molecule has 7 aliphatic carbocycles. The highest BCUT2D eigenvalue weighted by molar-refractivity contribution is 5.83. The summed E-state index contributed by atoms with van der Waals surface area (Å²) in [6.45, 7) is 21.0. The zero-order chi connectivity index (χ0) is 74.0. The van der Waals surface area contributed by atoms with E-state index in [-0.39, 0.29) is 145 Å². The number of methoxy groups -OCH3 is 3. The molecular weight excluding hydrogens is 1270 g/mol. The number of Topliss-reactive ketones (excluding diaryl/α,β-unsaturated/α-hetero) is 2. The lowest BCUT2D eigenvalue weighted by Crippen LogP contribution is -2.39. The highest BCUT2D eigenvalue weighted by Gasteiger charge is 2.38. The Kier molecular flexibility index (Phi) is 47.2. The molecule has 0 aromatic heterocycles. The second-order valence-electron chi connectivity index (χ2n) is 30.1. The molecule has 8 rings (SSSR count). The zero-order valence-corrected chi connectivity index (χ0v) is 63.7. The summed E-state index contributed by atoms with van der Waals surface area (Å²) in [6, 6.07) is 0. The molecule has 8 aliphatic rings. The number of ether oxygens (including phenoxy) is 7. The Morgan fingerprint density at radius 2 is 0.646 bits per heavy atom. The van der Waals surface area contributed by atoms with E-state index in [4.69, 9.17) is 18.9 Å². The lowest BCUT2D eigenvalue weighted by Gasteiger charge is -2.38. The Morgan fingerprint density at radius 3 is 0.939 bits per heavy atom. The van der Waals surface area contributed by atoms with E-state index in [2.05, 4.69) is 21.1 Å². The molecule has 0 aromatic carbocycles. The SMILES string of the molecule is CC1CC(=O)OC2CCCCC12.CCOC(=O)CC(C)C1CCCCC1=O.CCOC(=O)CC(C)C1CCCCC1O.CCOC(=O)CC(C)C1CCCCC1O.COC(=O)CC(C)C1CCCCC1=O.COC(=O)CC(C)C1CCCCC1O.COC(=O)CC(C)C1CCCCC1O.[HH]. The molecule has 99 heavy (non-hydrogen) atoms. The van der Waals surface area contributed by atoms with E-state index in [1.165, 1.54) is 66.3 Å². The van der Waals surface area contributed by atoms with Gasteiger partial charge in [-0.25, -0.2) is 0 Å². The number of hydrogen-bond acceptors (Lipinski definition) is 20. The van der Waals surface area contributed by atoms with Gasteiger partial charge in [0.2, 0.25) is 0 Å². The van der Waals surface area contributed by atoms with Gasteiger partial charge in [0.25, 0.3) is 0 Å². The molecule has 0 radical (unpaired) electrons. The molecule has 1 heterocycles. The first-order valence-electron chi connectivity index (χ1n) is 38.8. The molecule has 0 spiro atoms. The fourth-order valence-electron chi connectivity index (χ4n) is 16.4. The van der Waals surface area contributed by atoms with Crippen LogP contribution < -0.4 is 0 Å². The molecule has 1 aliphatic heterocycles. The Morgan fingerprint density at radius 1 is 0.384 bits per heavy atom. The molecule has 0 amide bonds. The molecule has 20 heteroatoms. The van der Waals surface area contributed by atoms with Crippen LogP contribution in [0.4, 0.5) is 0 Å². The number of carbonyl (C=O) groups is 9. The molecule has 20 nitrogen and oxygen atoms in total. The van der Waals surface area contributed by atoms with Gasteiger partial charge in [-0.2, -0.15) is 0 Å². The van der Waals surface area contributed by atoms with Gasteiger partial charge in [0, 0.05) is 71.0 Å². The van der Waals surface area contributed by atoms with Gasteiger partial charge in [0.05, 0.1) is 65.6 Å². The van der Waals surface area contributed by atoms with Gasteiger partial charge >= 0.3 is 41.8 Å². The second kappa shape index (κ2) is 51.6. The average molecular weight is 1410 g/mol. The van der Waals surface area contributed by atoms with E-state index >= 15 is 0 Å². The Balaban J connectivity index is 0.000000583. The molecule has 19 unspecified atom stereocenters. The third-order valence-electron chi connectivity index (χ3n) is 22.4. The van der Waals surface area contributed by atoms with Crippen LogP contribution in [0.3, 0.4) is 0 Å². The number of ketones is 2. The van der Waals surface area contributed by atoms with E-state index < -0.39 is 0 Å². The Hall–Kier alpha value is -4.53. The standard InChI is InChI=1S/2C12H22O3.C12H20O3.2C11H20O3.C11H18O3.C10H16O2.H2/c3*1-3-15-12(14)8-9(2)10-6-4-5-7-11(10)13;3*1-8(7-11(13)14-2)9-5-3-4-6-10(9)12;1-7-6-10(11)12-9-5-3-2-4-8(7)9;/h2*9-11,13H,3-8H2,1-2H3;9-10H,3-8H2,1-2H3;2*8-10,12H,3-7H2,1-2H3;8-9H,3-7H2,1-2H3;7-9H,2-6H2,1H3;1H. The normalized spacial score (nSPS) is 29.1. The largest absolute Gasteiger partial charge is 0.469 e. The summed E-state index contributed by atoms with van der Waals surface area (Å²) in [5, 5.41) is 39.2. The third kappa shape index (κ3) is 36.0. The summed E-state index contributed by atoms with van der Waals surface area (Å²) in [5.41, 5.74) is 0. The fraction of sp³-hybridized carbons (Fsp3) is 0.886. The molecule has 1 saturated heterocycles. The third-order valence-corrected chi connectivity index (χ3v) is 22.4. The first-order chi connectivity index (χ1) is 47.2. The van der Waals surface area contributed by atoms with E-state index in [1.54, 1.807) is 6.92 Å². The summed E-state index contributed by atoms with van der Waals surface area (Å²) in [7, 11) is 4.20. The van der Waals surface area contributed by atoms with Gasteiger partial charge in [-0.05, 0) is 188 Å². The molecule has 0 bridgehead atoms. The number of hydrogen-bond donors (Lipinski definition) is 4. The number of rotatable bonds is 21. The van der Waals surface area contributed by atoms with Crippen LogP contribution >= 0.6 is 0 Å². The zero-order valence-electron chi connectivity index (χ0n) is 63.7. The maximum Gasteiger partial charge on any atom is 0.306 e. The van der Waals surface area contributed by atoms with Crippen molar-refractivity contribution in [2.45, 2.75) is 324 Å². The lowest BCUT2D eigenvalue weighted by molar-refractivity contribution is -0.165. The van der Waals surface area contributed by atoms with Crippen LogP contribution in [0.1, 0.15) is 295 Å². The van der Waals surface area contributed by atoms with Crippen molar-refractivity contribution in [1.29, 1.82) is 0 Å². The van der Waals surface area contributed by atoms with Crippen molar-refractivity contribution in [1.82, 2.24) is 0 Å². The first-order valence-corrected chi connectivity index (χ1v) is 38.8. The summed E-state index contributed by atoms with van der Waals surface area (Å²) < 4.78 is 33.9. The van der Waals surface area contributed by atoms with Gasteiger partial charge in [-0.15, -0.1) is 0 Å². The number of aliphatic hydroxyl groups is 4. The van der Waals surface area contributed by atoms with Crippen molar-refractivity contribution >= 4 is 53.4 Å².